The highest BCUT2D eigenvalue weighted by atomic mass is 16.3. The largest absolute Gasteiger partial charge is 0.395 e. The van der Waals surface area contributed by atoms with Crippen molar-refractivity contribution in [3.63, 3.8) is 0 Å². The lowest BCUT2D eigenvalue weighted by Gasteiger charge is -2.04. The van der Waals surface area contributed by atoms with Gasteiger partial charge in [-0.1, -0.05) is 6.07 Å². The third kappa shape index (κ3) is 3.27. The summed E-state index contributed by atoms with van der Waals surface area (Å²) < 4.78 is 0. The minimum absolute atomic E-state index is 0.0599. The Bertz CT molecular complexity index is 606. The molecule has 2 amide bonds. The fourth-order valence-electron chi connectivity index (χ4n) is 2.01. The van der Waals surface area contributed by atoms with Crippen molar-refractivity contribution in [3.05, 3.63) is 29.1 Å². The summed E-state index contributed by atoms with van der Waals surface area (Å²) >= 11 is 0. The van der Waals surface area contributed by atoms with Crippen LogP contribution in [0.2, 0.25) is 0 Å². The molecule has 2 aromatic rings. The minimum atomic E-state index is -0.276. The van der Waals surface area contributed by atoms with Crippen LogP contribution in [0.25, 0.3) is 11.0 Å². The fourth-order valence-corrected chi connectivity index (χ4v) is 2.01. The lowest BCUT2D eigenvalue weighted by Crippen LogP contribution is -2.38. The Balaban J connectivity index is 1.94. The first-order valence-electron chi connectivity index (χ1n) is 6.69. The summed E-state index contributed by atoms with van der Waals surface area (Å²) in [7, 11) is 0. The number of aromatic nitrogens is 2. The highest BCUT2D eigenvalue weighted by molar-refractivity contribution is 5.79. The molecule has 0 fully saturated rings. The number of nitrogens with one attached hydrogen (secondary N) is 3. The molecule has 108 valence electrons. The molecule has 0 aliphatic rings. The zero-order valence-electron chi connectivity index (χ0n) is 11.8. The first kappa shape index (κ1) is 14.3. The molecule has 4 N–H and O–H groups in total. The van der Waals surface area contributed by atoms with E-state index in [1.165, 1.54) is 11.1 Å². The van der Waals surface area contributed by atoms with Gasteiger partial charge in [-0.2, -0.15) is 0 Å². The van der Waals surface area contributed by atoms with E-state index in [-0.39, 0.29) is 19.2 Å². The van der Waals surface area contributed by atoms with E-state index in [0.29, 0.717) is 13.0 Å². The molecule has 2 rings (SSSR count). The van der Waals surface area contributed by atoms with Gasteiger partial charge >= 0.3 is 6.03 Å². The predicted octanol–water partition coefficient (Wildman–Crippen LogP) is 1.01. The lowest BCUT2D eigenvalue weighted by atomic mass is 10.1. The van der Waals surface area contributed by atoms with Gasteiger partial charge in [-0.25, -0.2) is 9.78 Å². The van der Waals surface area contributed by atoms with Gasteiger partial charge in [0.25, 0.3) is 0 Å². The van der Waals surface area contributed by atoms with Gasteiger partial charge in [-0.15, -0.1) is 0 Å². The number of carbonyl (C=O) groups excluding carboxylic acids is 1. The number of amides is 2. The summed E-state index contributed by atoms with van der Waals surface area (Å²) in [4.78, 5) is 19.1. The van der Waals surface area contributed by atoms with Crippen molar-refractivity contribution < 1.29 is 9.90 Å². The molecular weight excluding hydrogens is 256 g/mol. The first-order chi connectivity index (χ1) is 9.61. The highest BCUT2D eigenvalue weighted by Crippen LogP contribution is 2.19. The number of fused-ring (bicyclic) bond motifs is 1. The smallest absolute Gasteiger partial charge is 0.314 e. The van der Waals surface area contributed by atoms with Gasteiger partial charge in [-0.05, 0) is 31.0 Å². The molecule has 1 heterocycles. The third-order valence-corrected chi connectivity index (χ3v) is 3.27. The number of aliphatic hydroxyl groups excluding tert-OH is 1. The van der Waals surface area contributed by atoms with Crippen LogP contribution >= 0.6 is 0 Å². The fraction of sp³-hybridized carbons (Fsp3) is 0.429. The first-order valence-corrected chi connectivity index (χ1v) is 6.69. The van der Waals surface area contributed by atoms with Crippen LogP contribution in [0.4, 0.5) is 4.79 Å². The molecule has 0 bridgehead atoms. The van der Waals surface area contributed by atoms with Crippen molar-refractivity contribution in [1.82, 2.24) is 20.6 Å². The summed E-state index contributed by atoms with van der Waals surface area (Å²) in [5, 5.41) is 13.8. The SMILES string of the molecule is Cc1ccc2[nH]c(CCNC(=O)NCCO)nc2c1C. The van der Waals surface area contributed by atoms with E-state index in [9.17, 15) is 4.79 Å². The Morgan fingerprint density at radius 2 is 2.05 bits per heavy atom. The van der Waals surface area contributed by atoms with Gasteiger partial charge in [0.05, 0.1) is 17.6 Å². The number of hydrogen-bond acceptors (Lipinski definition) is 3. The maximum Gasteiger partial charge on any atom is 0.314 e. The normalized spacial score (nSPS) is 10.8. The number of aliphatic hydroxyl groups is 1. The molecule has 0 spiro atoms. The number of carbonyl (C=O) groups is 1. The van der Waals surface area contributed by atoms with E-state index in [1.54, 1.807) is 0 Å². The summed E-state index contributed by atoms with van der Waals surface area (Å²) in [6, 6.07) is 3.82. The van der Waals surface area contributed by atoms with E-state index in [4.69, 9.17) is 5.11 Å². The molecule has 0 radical (unpaired) electrons. The summed E-state index contributed by atoms with van der Waals surface area (Å²) in [5.74, 6) is 0.858. The molecular formula is C14H20N4O2. The lowest BCUT2D eigenvalue weighted by molar-refractivity contribution is 0.234. The molecule has 1 aromatic carbocycles. The molecule has 0 aliphatic carbocycles. The topological polar surface area (TPSA) is 90.0 Å². The van der Waals surface area contributed by atoms with Gasteiger partial charge in [0, 0.05) is 19.5 Å². The highest BCUT2D eigenvalue weighted by Gasteiger charge is 2.07. The van der Waals surface area contributed by atoms with Crippen molar-refractivity contribution in [2.45, 2.75) is 20.3 Å². The number of hydrogen-bond donors (Lipinski definition) is 4. The monoisotopic (exact) mass is 276 g/mol. The molecule has 0 saturated carbocycles. The zero-order chi connectivity index (χ0) is 14.5. The number of aryl methyl sites for hydroxylation is 2. The van der Waals surface area contributed by atoms with Crippen LogP contribution in [0.3, 0.4) is 0 Å². The van der Waals surface area contributed by atoms with E-state index >= 15 is 0 Å². The number of aromatic amines is 1. The molecule has 6 nitrogen and oxygen atoms in total. The Labute approximate surface area is 117 Å². The molecule has 20 heavy (non-hydrogen) atoms. The van der Waals surface area contributed by atoms with E-state index in [2.05, 4.69) is 40.5 Å². The van der Waals surface area contributed by atoms with Crippen molar-refractivity contribution in [2.75, 3.05) is 19.7 Å². The van der Waals surface area contributed by atoms with Crippen molar-refractivity contribution >= 4 is 17.1 Å². The predicted molar refractivity (Wildman–Crippen MR) is 77.8 cm³/mol. The Morgan fingerprint density at radius 1 is 1.30 bits per heavy atom. The number of rotatable bonds is 5. The van der Waals surface area contributed by atoms with Gasteiger partial charge in [0.15, 0.2) is 0 Å². The molecule has 0 saturated heterocycles. The molecule has 1 aromatic heterocycles. The molecule has 0 aliphatic heterocycles. The van der Waals surface area contributed by atoms with Crippen LogP contribution in [0, 0.1) is 13.8 Å². The van der Waals surface area contributed by atoms with Crippen LogP contribution in [-0.2, 0) is 6.42 Å². The molecule has 0 unspecified atom stereocenters. The number of urea groups is 1. The second-order valence-electron chi connectivity index (χ2n) is 4.74. The molecule has 0 atom stereocenters. The van der Waals surface area contributed by atoms with Crippen LogP contribution in [0.15, 0.2) is 12.1 Å². The van der Waals surface area contributed by atoms with Gasteiger partial charge < -0.3 is 20.7 Å². The van der Waals surface area contributed by atoms with E-state index < -0.39 is 0 Å². The number of benzene rings is 1. The number of imidazole rings is 1. The average Bonchev–Trinajstić information content (AvgIpc) is 2.84. The average molecular weight is 276 g/mol. The maximum absolute atomic E-state index is 11.3. The Kier molecular flexibility index (Phi) is 4.57. The molecule has 6 heteroatoms. The summed E-state index contributed by atoms with van der Waals surface area (Å²) in [6.45, 7) is 4.82. The van der Waals surface area contributed by atoms with Crippen molar-refractivity contribution in [1.29, 1.82) is 0 Å². The van der Waals surface area contributed by atoms with Crippen LogP contribution < -0.4 is 10.6 Å². The second-order valence-corrected chi connectivity index (χ2v) is 4.74. The Morgan fingerprint density at radius 3 is 2.80 bits per heavy atom. The van der Waals surface area contributed by atoms with Gasteiger partial charge in [-0.3, -0.25) is 0 Å². The van der Waals surface area contributed by atoms with Crippen LogP contribution in [0.1, 0.15) is 17.0 Å². The van der Waals surface area contributed by atoms with Crippen LogP contribution in [0.5, 0.6) is 0 Å². The second kappa shape index (κ2) is 6.38. The van der Waals surface area contributed by atoms with Crippen molar-refractivity contribution in [2.24, 2.45) is 0 Å². The van der Waals surface area contributed by atoms with Crippen LogP contribution in [-0.4, -0.2) is 40.8 Å². The minimum Gasteiger partial charge on any atom is -0.395 e. The number of H-pyrrole nitrogens is 1. The third-order valence-electron chi connectivity index (χ3n) is 3.27. The number of nitrogens with zero attached hydrogens (tertiary/aromatic N) is 1. The maximum atomic E-state index is 11.3. The zero-order valence-corrected chi connectivity index (χ0v) is 11.8. The van der Waals surface area contributed by atoms with Gasteiger partial charge in [0.2, 0.25) is 0 Å². The van der Waals surface area contributed by atoms with Crippen molar-refractivity contribution in [3.8, 4) is 0 Å². The van der Waals surface area contributed by atoms with E-state index in [0.717, 1.165) is 16.9 Å². The summed E-state index contributed by atoms with van der Waals surface area (Å²) in [5.41, 5.74) is 4.41. The Hall–Kier alpha value is -2.08. The van der Waals surface area contributed by atoms with Gasteiger partial charge in [0.1, 0.15) is 5.82 Å². The standard InChI is InChI=1S/C14H20N4O2/c1-9-3-4-11-13(10(9)2)18-12(17-11)5-6-15-14(20)16-7-8-19/h3-4,19H,5-8H2,1-2H3,(H,17,18)(H2,15,16,20). The quantitative estimate of drug-likeness (QED) is 0.657. The summed E-state index contributed by atoms with van der Waals surface area (Å²) in [6.07, 6.45) is 0.639. The van der Waals surface area contributed by atoms with E-state index in [1.807, 2.05) is 6.07 Å².